The van der Waals surface area contributed by atoms with E-state index in [4.69, 9.17) is 0 Å². The highest BCUT2D eigenvalue weighted by atomic mass is 15.1. The number of nitrogens with one attached hydrogen (secondary N) is 1. The van der Waals surface area contributed by atoms with Crippen molar-refractivity contribution in [2.45, 2.75) is 40.2 Å². The van der Waals surface area contributed by atoms with E-state index in [1.54, 1.807) is 0 Å². The summed E-state index contributed by atoms with van der Waals surface area (Å²) in [4.78, 5) is 5.75. The van der Waals surface area contributed by atoms with Crippen molar-refractivity contribution < 1.29 is 0 Å². The van der Waals surface area contributed by atoms with Crippen LogP contribution in [0, 0.1) is 6.92 Å². The molecule has 0 aliphatic heterocycles. The Hall–Kier alpha value is -0.760. The Morgan fingerprint density at radius 2 is 1.86 bits per heavy atom. The van der Waals surface area contributed by atoms with E-state index in [2.05, 4.69) is 42.9 Å². The zero-order valence-electron chi connectivity index (χ0n) is 9.64. The van der Waals surface area contributed by atoms with Crippen molar-refractivity contribution in [3.63, 3.8) is 0 Å². The quantitative estimate of drug-likeness (QED) is 0.737. The summed E-state index contributed by atoms with van der Waals surface area (Å²) in [5.74, 6) is 0. The van der Waals surface area contributed by atoms with Crippen molar-refractivity contribution in [2.24, 2.45) is 0 Å². The molecule has 14 heavy (non-hydrogen) atoms. The van der Waals surface area contributed by atoms with E-state index in [-0.39, 0.29) is 0 Å². The third kappa shape index (κ3) is 3.54. The lowest BCUT2D eigenvalue weighted by Gasteiger charge is -2.19. The minimum Gasteiger partial charge on any atom is -0.365 e. The first kappa shape index (κ1) is 11.3. The van der Waals surface area contributed by atoms with Crippen LogP contribution in [-0.4, -0.2) is 23.0 Å². The van der Waals surface area contributed by atoms with Gasteiger partial charge in [0.15, 0.2) is 0 Å². The summed E-state index contributed by atoms with van der Waals surface area (Å²) in [5.41, 5.74) is 2.66. The molecule has 0 unspecified atom stereocenters. The fraction of sp³-hybridized carbons (Fsp3) is 0.667. The second-order valence-corrected chi connectivity index (χ2v) is 3.97. The maximum absolute atomic E-state index is 3.23. The van der Waals surface area contributed by atoms with Crippen LogP contribution in [0.2, 0.25) is 0 Å². The molecule has 2 heteroatoms. The van der Waals surface area contributed by atoms with Crippen molar-refractivity contribution in [1.82, 2.24) is 9.88 Å². The first-order chi connectivity index (χ1) is 6.76. The molecule has 1 rings (SSSR count). The summed E-state index contributed by atoms with van der Waals surface area (Å²) in [7, 11) is 0. The van der Waals surface area contributed by atoms with E-state index in [1.807, 2.05) is 0 Å². The van der Waals surface area contributed by atoms with E-state index in [1.165, 1.54) is 37.2 Å². The lowest BCUT2D eigenvalue weighted by molar-refractivity contribution is 0.266. The van der Waals surface area contributed by atoms with E-state index >= 15 is 0 Å². The Kier molecular flexibility index (Phi) is 4.74. The second kappa shape index (κ2) is 5.86. The third-order valence-corrected chi connectivity index (χ3v) is 2.37. The molecule has 0 fully saturated rings. The van der Waals surface area contributed by atoms with Gasteiger partial charge in [0.2, 0.25) is 0 Å². The first-order valence-electron chi connectivity index (χ1n) is 5.62. The molecular formula is C12H22N2. The molecular weight excluding hydrogens is 172 g/mol. The number of rotatable bonds is 6. The predicted octanol–water partition coefficient (Wildman–Crippen LogP) is 2.95. The van der Waals surface area contributed by atoms with Gasteiger partial charge in [-0.05, 0) is 44.5 Å². The molecule has 2 nitrogen and oxygen atoms in total. The van der Waals surface area contributed by atoms with Crippen LogP contribution in [0.15, 0.2) is 12.3 Å². The zero-order valence-corrected chi connectivity index (χ0v) is 9.64. The van der Waals surface area contributed by atoms with Crippen molar-refractivity contribution in [3.05, 3.63) is 23.5 Å². The minimum absolute atomic E-state index is 1.09. The molecule has 1 heterocycles. The molecule has 1 N–H and O–H groups in total. The summed E-state index contributed by atoms with van der Waals surface area (Å²) in [6.07, 6.45) is 4.60. The Balaban J connectivity index is 2.46. The smallest absolute Gasteiger partial charge is 0.0248 e. The first-order valence-corrected chi connectivity index (χ1v) is 5.62. The second-order valence-electron chi connectivity index (χ2n) is 3.97. The number of hydrogen-bond donors (Lipinski definition) is 1. The van der Waals surface area contributed by atoms with Crippen LogP contribution < -0.4 is 0 Å². The van der Waals surface area contributed by atoms with Gasteiger partial charge in [0.25, 0.3) is 0 Å². The largest absolute Gasteiger partial charge is 0.365 e. The van der Waals surface area contributed by atoms with Crippen LogP contribution in [0.25, 0.3) is 0 Å². The van der Waals surface area contributed by atoms with Gasteiger partial charge in [-0.15, -0.1) is 0 Å². The van der Waals surface area contributed by atoms with Gasteiger partial charge in [-0.3, -0.25) is 4.90 Å². The van der Waals surface area contributed by atoms with E-state index < -0.39 is 0 Å². The maximum Gasteiger partial charge on any atom is 0.0248 e. The van der Waals surface area contributed by atoms with Crippen molar-refractivity contribution in [1.29, 1.82) is 0 Å². The molecule has 0 amide bonds. The predicted molar refractivity (Wildman–Crippen MR) is 61.4 cm³/mol. The van der Waals surface area contributed by atoms with E-state index in [0.29, 0.717) is 0 Å². The van der Waals surface area contributed by atoms with Crippen LogP contribution in [0.1, 0.15) is 37.9 Å². The molecule has 80 valence electrons. The summed E-state index contributed by atoms with van der Waals surface area (Å²) in [5, 5.41) is 0. The van der Waals surface area contributed by atoms with Crippen molar-refractivity contribution in [2.75, 3.05) is 13.1 Å². The van der Waals surface area contributed by atoms with Gasteiger partial charge in [-0.2, -0.15) is 0 Å². The monoisotopic (exact) mass is 194 g/mol. The normalized spacial score (nSPS) is 11.1. The summed E-state index contributed by atoms with van der Waals surface area (Å²) >= 11 is 0. The highest BCUT2D eigenvalue weighted by Crippen LogP contribution is 2.07. The summed E-state index contributed by atoms with van der Waals surface area (Å²) < 4.78 is 0. The number of nitrogens with zero attached hydrogens (tertiary/aromatic N) is 1. The Bertz CT molecular complexity index is 247. The van der Waals surface area contributed by atoms with Gasteiger partial charge < -0.3 is 4.98 Å². The molecule has 0 aromatic carbocycles. The lowest BCUT2D eigenvalue weighted by atomic mass is 10.2. The molecule has 0 aliphatic carbocycles. The van der Waals surface area contributed by atoms with Crippen LogP contribution in [-0.2, 0) is 6.54 Å². The fourth-order valence-corrected chi connectivity index (χ4v) is 1.82. The molecule has 0 aliphatic rings. The molecule has 1 aromatic rings. The number of hydrogen-bond acceptors (Lipinski definition) is 1. The number of H-pyrrole nitrogens is 1. The van der Waals surface area contributed by atoms with E-state index in [9.17, 15) is 0 Å². The number of aryl methyl sites for hydroxylation is 1. The van der Waals surface area contributed by atoms with Gasteiger partial charge in [0.1, 0.15) is 0 Å². The molecule has 0 bridgehead atoms. The summed E-state index contributed by atoms with van der Waals surface area (Å²) in [6.45, 7) is 10.1. The highest BCUT2D eigenvalue weighted by Gasteiger charge is 2.04. The topological polar surface area (TPSA) is 19.0 Å². The van der Waals surface area contributed by atoms with Crippen LogP contribution in [0.5, 0.6) is 0 Å². The average Bonchev–Trinajstić information content (AvgIpc) is 2.52. The SMILES string of the molecule is CCCN(CCC)Cc1c[nH]c(C)c1. The van der Waals surface area contributed by atoms with Crippen LogP contribution in [0.4, 0.5) is 0 Å². The van der Waals surface area contributed by atoms with Gasteiger partial charge >= 0.3 is 0 Å². The Morgan fingerprint density at radius 1 is 1.21 bits per heavy atom. The minimum atomic E-state index is 1.09. The lowest BCUT2D eigenvalue weighted by Crippen LogP contribution is -2.24. The Labute approximate surface area is 87.3 Å². The molecule has 0 spiro atoms. The van der Waals surface area contributed by atoms with Crippen molar-refractivity contribution in [3.8, 4) is 0 Å². The zero-order chi connectivity index (χ0) is 10.4. The Morgan fingerprint density at radius 3 is 2.29 bits per heavy atom. The fourth-order valence-electron chi connectivity index (χ4n) is 1.82. The molecule has 1 aromatic heterocycles. The molecule has 0 atom stereocenters. The molecule has 0 saturated heterocycles. The third-order valence-electron chi connectivity index (χ3n) is 2.37. The van der Waals surface area contributed by atoms with Gasteiger partial charge in [0.05, 0.1) is 0 Å². The van der Waals surface area contributed by atoms with Gasteiger partial charge in [-0.1, -0.05) is 13.8 Å². The van der Waals surface area contributed by atoms with E-state index in [0.717, 1.165) is 6.54 Å². The van der Waals surface area contributed by atoms with Gasteiger partial charge in [-0.25, -0.2) is 0 Å². The molecule has 0 saturated carbocycles. The van der Waals surface area contributed by atoms with Crippen molar-refractivity contribution >= 4 is 0 Å². The number of aromatic amines is 1. The van der Waals surface area contributed by atoms with Gasteiger partial charge in [0, 0.05) is 18.4 Å². The highest BCUT2D eigenvalue weighted by molar-refractivity contribution is 5.15. The maximum atomic E-state index is 3.23. The molecule has 0 radical (unpaired) electrons. The average molecular weight is 194 g/mol. The summed E-state index contributed by atoms with van der Waals surface area (Å²) in [6, 6.07) is 2.23. The number of aromatic nitrogens is 1. The van der Waals surface area contributed by atoms with Crippen LogP contribution >= 0.6 is 0 Å². The van der Waals surface area contributed by atoms with Crippen LogP contribution in [0.3, 0.4) is 0 Å². The standard InChI is InChI=1S/C12H22N2/c1-4-6-14(7-5-2)10-12-8-11(3)13-9-12/h8-9,13H,4-7,10H2,1-3H3.